The van der Waals surface area contributed by atoms with Crippen LogP contribution in [0.25, 0.3) is 0 Å². The van der Waals surface area contributed by atoms with Gasteiger partial charge in [-0.25, -0.2) is 13.4 Å². The van der Waals surface area contributed by atoms with Crippen LogP contribution in [0.3, 0.4) is 0 Å². The number of aryl methyl sites for hydroxylation is 2. The maximum atomic E-state index is 12.9. The molecule has 0 radical (unpaired) electrons. The summed E-state index contributed by atoms with van der Waals surface area (Å²) in [4.78, 5) is 31.4. The third-order valence-corrected chi connectivity index (χ3v) is 8.29. The number of sulfonamides is 1. The van der Waals surface area contributed by atoms with Gasteiger partial charge in [-0.2, -0.15) is 4.31 Å². The van der Waals surface area contributed by atoms with Gasteiger partial charge in [0.15, 0.2) is 5.16 Å². The van der Waals surface area contributed by atoms with Crippen molar-refractivity contribution in [1.82, 2.24) is 18.8 Å². The lowest BCUT2D eigenvalue weighted by atomic mass is 10.1. The third-order valence-electron chi connectivity index (χ3n) is 5.43. The van der Waals surface area contributed by atoms with Crippen LogP contribution in [0.15, 0.2) is 39.2 Å². The van der Waals surface area contributed by atoms with Crippen LogP contribution in [-0.2, 0) is 16.6 Å². The molecule has 1 aromatic heterocycles. The van der Waals surface area contributed by atoms with E-state index in [2.05, 4.69) is 4.98 Å². The van der Waals surface area contributed by atoms with Crippen molar-refractivity contribution in [2.24, 2.45) is 0 Å². The summed E-state index contributed by atoms with van der Waals surface area (Å²) in [7, 11) is -3.62. The molecule has 0 unspecified atom stereocenters. The van der Waals surface area contributed by atoms with Crippen molar-refractivity contribution in [2.75, 3.05) is 31.9 Å². The summed E-state index contributed by atoms with van der Waals surface area (Å²) in [6.07, 6.45) is 1.34. The van der Waals surface area contributed by atoms with Crippen LogP contribution in [0.2, 0.25) is 0 Å². The van der Waals surface area contributed by atoms with Gasteiger partial charge >= 0.3 is 0 Å². The zero-order valence-corrected chi connectivity index (χ0v) is 17.9. The second kappa shape index (κ2) is 7.58. The van der Waals surface area contributed by atoms with Crippen molar-refractivity contribution in [3.8, 4) is 0 Å². The predicted octanol–water partition coefficient (Wildman–Crippen LogP) is 1.11. The maximum absolute atomic E-state index is 12.9. The highest BCUT2D eigenvalue weighted by Crippen LogP contribution is 2.22. The Labute approximate surface area is 173 Å². The van der Waals surface area contributed by atoms with Gasteiger partial charge in [0.2, 0.25) is 10.0 Å². The zero-order valence-electron chi connectivity index (χ0n) is 16.3. The standard InChI is InChI=1S/C19H22N4O4S2/c1-13-3-4-15(11-14(13)2)29(26,27)22-7-5-21(6-8-22)17(24)16-12-20-19-23(18(16)25)9-10-28-19/h3-4,11-12H,5-10H2,1-2H3. The van der Waals surface area contributed by atoms with Gasteiger partial charge in [-0.3, -0.25) is 14.2 Å². The minimum Gasteiger partial charge on any atom is -0.336 e. The molecule has 10 heteroatoms. The van der Waals surface area contributed by atoms with E-state index in [1.54, 1.807) is 18.2 Å². The fourth-order valence-electron chi connectivity index (χ4n) is 3.49. The number of amides is 1. The summed E-state index contributed by atoms with van der Waals surface area (Å²) < 4.78 is 28.8. The average Bonchev–Trinajstić information content (AvgIpc) is 3.20. The maximum Gasteiger partial charge on any atom is 0.267 e. The van der Waals surface area contributed by atoms with Crippen LogP contribution < -0.4 is 5.56 Å². The molecule has 1 aromatic carbocycles. The molecular formula is C19H22N4O4S2. The van der Waals surface area contributed by atoms with Crippen molar-refractivity contribution in [2.45, 2.75) is 30.4 Å². The molecule has 1 saturated heterocycles. The van der Waals surface area contributed by atoms with Gasteiger partial charge in [-0.15, -0.1) is 0 Å². The number of hydrogen-bond acceptors (Lipinski definition) is 6. The Morgan fingerprint density at radius 3 is 2.48 bits per heavy atom. The summed E-state index contributed by atoms with van der Waals surface area (Å²) in [5, 5.41) is 0.635. The number of fused-ring (bicyclic) bond motifs is 1. The molecule has 2 aromatic rings. The Morgan fingerprint density at radius 2 is 1.79 bits per heavy atom. The van der Waals surface area contributed by atoms with Gasteiger partial charge in [0.25, 0.3) is 11.5 Å². The first kappa shape index (κ1) is 20.1. The molecule has 2 aliphatic heterocycles. The van der Waals surface area contributed by atoms with Gasteiger partial charge in [0, 0.05) is 44.7 Å². The van der Waals surface area contributed by atoms with E-state index in [0.717, 1.165) is 16.9 Å². The Kier molecular flexibility index (Phi) is 5.26. The molecule has 1 amide bonds. The van der Waals surface area contributed by atoms with Crippen molar-refractivity contribution in [3.63, 3.8) is 0 Å². The molecule has 1 fully saturated rings. The second-order valence-electron chi connectivity index (χ2n) is 7.20. The molecule has 0 bridgehead atoms. The summed E-state index contributed by atoms with van der Waals surface area (Å²) >= 11 is 1.49. The smallest absolute Gasteiger partial charge is 0.267 e. The highest BCUT2D eigenvalue weighted by atomic mass is 32.2. The highest BCUT2D eigenvalue weighted by molar-refractivity contribution is 7.99. The van der Waals surface area contributed by atoms with Crippen LogP contribution in [-0.4, -0.2) is 65.0 Å². The third kappa shape index (κ3) is 3.60. The number of aromatic nitrogens is 2. The summed E-state index contributed by atoms with van der Waals surface area (Å²) in [5.74, 6) is 0.382. The molecule has 3 heterocycles. The Hall–Kier alpha value is -2.17. The molecule has 29 heavy (non-hydrogen) atoms. The number of rotatable bonds is 3. The number of piperazine rings is 1. The average molecular weight is 435 g/mol. The van der Waals surface area contributed by atoms with E-state index in [0.29, 0.717) is 11.7 Å². The van der Waals surface area contributed by atoms with E-state index < -0.39 is 15.9 Å². The molecule has 0 aliphatic carbocycles. The van der Waals surface area contributed by atoms with Gasteiger partial charge in [0.1, 0.15) is 5.56 Å². The molecule has 0 N–H and O–H groups in total. The first-order valence-corrected chi connectivity index (χ1v) is 11.8. The van der Waals surface area contributed by atoms with E-state index in [-0.39, 0.29) is 42.2 Å². The molecule has 0 atom stereocenters. The summed E-state index contributed by atoms with van der Waals surface area (Å²) in [5.41, 5.74) is 1.67. The number of carbonyl (C=O) groups is 1. The van der Waals surface area contributed by atoms with Gasteiger partial charge in [-0.05, 0) is 37.1 Å². The number of carbonyl (C=O) groups excluding carboxylic acids is 1. The Bertz CT molecular complexity index is 1140. The molecule has 2 aliphatic rings. The van der Waals surface area contributed by atoms with Gasteiger partial charge < -0.3 is 4.90 Å². The second-order valence-corrected chi connectivity index (χ2v) is 10.2. The zero-order chi connectivity index (χ0) is 20.8. The first-order valence-electron chi connectivity index (χ1n) is 9.38. The topological polar surface area (TPSA) is 92.6 Å². The predicted molar refractivity (Wildman–Crippen MR) is 110 cm³/mol. The monoisotopic (exact) mass is 434 g/mol. The number of nitrogens with zero attached hydrogens (tertiary/aromatic N) is 4. The van der Waals surface area contributed by atoms with Crippen LogP contribution >= 0.6 is 11.8 Å². The summed E-state index contributed by atoms with van der Waals surface area (Å²) in [6.45, 7) is 5.22. The van der Waals surface area contributed by atoms with Crippen molar-refractivity contribution < 1.29 is 13.2 Å². The molecule has 0 saturated carbocycles. The van der Waals surface area contributed by atoms with Crippen molar-refractivity contribution >= 4 is 27.7 Å². The minimum absolute atomic E-state index is 0.0433. The number of benzene rings is 1. The van der Waals surface area contributed by atoms with Crippen molar-refractivity contribution in [3.05, 3.63) is 51.4 Å². The van der Waals surface area contributed by atoms with E-state index in [1.165, 1.54) is 31.7 Å². The Balaban J connectivity index is 1.49. The molecular weight excluding hydrogens is 412 g/mol. The van der Waals surface area contributed by atoms with Crippen LogP contribution in [0.1, 0.15) is 21.5 Å². The number of hydrogen-bond donors (Lipinski definition) is 0. The molecule has 8 nitrogen and oxygen atoms in total. The minimum atomic E-state index is -3.62. The van der Waals surface area contributed by atoms with Crippen LogP contribution in [0, 0.1) is 13.8 Å². The lowest BCUT2D eigenvalue weighted by Gasteiger charge is -2.34. The molecule has 154 valence electrons. The van der Waals surface area contributed by atoms with Crippen LogP contribution in [0.4, 0.5) is 0 Å². The quantitative estimate of drug-likeness (QED) is 0.672. The van der Waals surface area contributed by atoms with Crippen LogP contribution in [0.5, 0.6) is 0 Å². The SMILES string of the molecule is Cc1ccc(S(=O)(=O)N2CCN(C(=O)c3cnc4n(c3=O)CCS4)CC2)cc1C. The van der Waals surface area contributed by atoms with Gasteiger partial charge in [0.05, 0.1) is 4.90 Å². The van der Waals surface area contributed by atoms with E-state index in [1.807, 2.05) is 13.8 Å². The fraction of sp³-hybridized carbons (Fsp3) is 0.421. The Morgan fingerprint density at radius 1 is 1.07 bits per heavy atom. The van der Waals surface area contributed by atoms with E-state index in [4.69, 9.17) is 0 Å². The fourth-order valence-corrected chi connectivity index (χ4v) is 5.91. The first-order chi connectivity index (χ1) is 13.8. The summed E-state index contributed by atoms with van der Waals surface area (Å²) in [6, 6.07) is 5.09. The van der Waals surface area contributed by atoms with Gasteiger partial charge in [-0.1, -0.05) is 17.8 Å². The number of thioether (sulfide) groups is 1. The van der Waals surface area contributed by atoms with E-state index >= 15 is 0 Å². The van der Waals surface area contributed by atoms with Crippen molar-refractivity contribution in [1.29, 1.82) is 0 Å². The largest absolute Gasteiger partial charge is 0.336 e. The lowest BCUT2D eigenvalue weighted by Crippen LogP contribution is -2.51. The molecule has 0 spiro atoms. The molecule has 4 rings (SSSR count). The normalized spacial score (nSPS) is 17.4. The highest BCUT2D eigenvalue weighted by Gasteiger charge is 2.32. The van der Waals surface area contributed by atoms with E-state index in [9.17, 15) is 18.0 Å². The lowest BCUT2D eigenvalue weighted by molar-refractivity contribution is 0.0694.